The van der Waals surface area contributed by atoms with Gasteiger partial charge < -0.3 is 42.6 Å². The predicted molar refractivity (Wildman–Crippen MR) is 179 cm³/mol. The fourth-order valence-electron chi connectivity index (χ4n) is 4.36. The van der Waals surface area contributed by atoms with Crippen molar-refractivity contribution in [1.82, 2.24) is 0 Å². The molecule has 0 aliphatic heterocycles. The van der Waals surface area contributed by atoms with Gasteiger partial charge >= 0.3 is 23.9 Å². The van der Waals surface area contributed by atoms with Crippen LogP contribution in [0.1, 0.15) is 22.3 Å². The van der Waals surface area contributed by atoms with E-state index < -0.39 is 48.0 Å². The fraction of sp³-hybridized carbons (Fsp3) is 0.222. The van der Waals surface area contributed by atoms with Gasteiger partial charge in [0.2, 0.25) is 0 Å². The lowest BCUT2D eigenvalue weighted by Crippen LogP contribution is -2.36. The van der Waals surface area contributed by atoms with Gasteiger partial charge in [-0.05, 0) is 72.2 Å². The predicted octanol–water partition coefficient (Wildman–Crippen LogP) is 2.23. The van der Waals surface area contributed by atoms with E-state index >= 15 is 0 Å². The van der Waals surface area contributed by atoms with Crippen molar-refractivity contribution in [2.45, 2.75) is 49.9 Å². The van der Waals surface area contributed by atoms with Gasteiger partial charge in [0.1, 0.15) is 35.7 Å². The molecule has 0 saturated heterocycles. The third-order valence-corrected chi connectivity index (χ3v) is 7.03. The molecule has 0 saturated carbocycles. The van der Waals surface area contributed by atoms with Crippen LogP contribution < -0.4 is 32.4 Å². The zero-order chi connectivity index (χ0) is 35.1. The maximum atomic E-state index is 12.4. The number of carbonyl (C=O) groups excluding carboxylic acids is 2. The molecule has 12 nitrogen and oxygen atoms in total. The number of hydrogen-bond donors (Lipinski definition) is 6. The number of ether oxygens (including phenoxy) is 2. The van der Waals surface area contributed by atoms with Crippen molar-refractivity contribution in [3.8, 4) is 11.5 Å². The third-order valence-electron chi connectivity index (χ3n) is 7.03. The Balaban J connectivity index is 0.000000437. The Labute approximate surface area is 278 Å². The summed E-state index contributed by atoms with van der Waals surface area (Å²) < 4.78 is 10.7. The highest BCUT2D eigenvalue weighted by molar-refractivity contribution is 5.79. The molecule has 4 atom stereocenters. The topological polar surface area (TPSA) is 231 Å². The minimum Gasteiger partial charge on any atom is -0.480 e. The Hall–Kier alpha value is -5.40. The number of carboxylic acids is 2. The monoisotopic (exact) mass is 656 g/mol. The summed E-state index contributed by atoms with van der Waals surface area (Å²) in [6, 6.07) is 28.3. The van der Waals surface area contributed by atoms with Crippen molar-refractivity contribution in [2.24, 2.45) is 22.9 Å². The summed E-state index contributed by atoms with van der Waals surface area (Å²) in [6.07, 6.45) is 1.13. The molecule has 4 rings (SSSR count). The average molecular weight is 657 g/mol. The Kier molecular flexibility index (Phi) is 14.4. The summed E-state index contributed by atoms with van der Waals surface area (Å²) in [5.41, 5.74) is 26.2. The lowest BCUT2D eigenvalue weighted by atomic mass is 10.1. The number of aliphatic carboxylic acids is 2. The number of benzene rings is 4. The van der Waals surface area contributed by atoms with Crippen molar-refractivity contribution >= 4 is 23.9 Å². The van der Waals surface area contributed by atoms with Crippen molar-refractivity contribution in [3.63, 3.8) is 0 Å². The van der Waals surface area contributed by atoms with E-state index in [2.05, 4.69) is 0 Å². The van der Waals surface area contributed by atoms with Gasteiger partial charge in [0.05, 0.1) is 0 Å². The van der Waals surface area contributed by atoms with Crippen LogP contribution >= 0.6 is 0 Å². The van der Waals surface area contributed by atoms with E-state index in [1.54, 1.807) is 48.5 Å². The number of carbonyl (C=O) groups is 4. The molecule has 10 N–H and O–H groups in total. The van der Waals surface area contributed by atoms with E-state index in [0.717, 1.165) is 16.7 Å². The molecule has 0 amide bonds. The highest BCUT2D eigenvalue weighted by atomic mass is 16.5. The van der Waals surface area contributed by atoms with Crippen LogP contribution in [0.25, 0.3) is 0 Å². The first kappa shape index (κ1) is 37.1. The quantitative estimate of drug-likeness (QED) is 0.0848. The van der Waals surface area contributed by atoms with Crippen molar-refractivity contribution < 1.29 is 38.9 Å². The van der Waals surface area contributed by atoms with Gasteiger partial charge in [-0.3, -0.25) is 9.59 Å². The molecule has 0 bridgehead atoms. The first-order valence-electron chi connectivity index (χ1n) is 15.1. The second kappa shape index (κ2) is 18.7. The van der Waals surface area contributed by atoms with Gasteiger partial charge in [0.25, 0.3) is 0 Å². The minimum absolute atomic E-state index is 0.160. The van der Waals surface area contributed by atoms with E-state index in [1.807, 2.05) is 60.7 Å². The van der Waals surface area contributed by atoms with Crippen LogP contribution in [0.3, 0.4) is 0 Å². The molecule has 0 heterocycles. The van der Waals surface area contributed by atoms with Crippen LogP contribution in [0.4, 0.5) is 0 Å². The fourth-order valence-corrected chi connectivity index (χ4v) is 4.36. The number of hydrogen-bond acceptors (Lipinski definition) is 10. The van der Waals surface area contributed by atoms with Crippen LogP contribution in [0.2, 0.25) is 0 Å². The standard InChI is InChI=1S/C27H29N3O6.C9H11NO2/c28-22(25(31)32)14-18-6-10-20(11-7-18)36-27(34)24(30)16-19-8-12-21(13-9-19)35-26(33)23(29)15-17-4-2-1-3-5-17;10-8(9(11)12)6-7-4-2-1-3-5-7/h1-13,22-24H,14-16,28-30H2,(H,31,32);1-5,8H,6,10H2,(H,11,12)/t22-,23-,24-;8-/m00/s1. The lowest BCUT2D eigenvalue weighted by Gasteiger charge is -2.13. The van der Waals surface area contributed by atoms with E-state index in [1.165, 1.54) is 0 Å². The lowest BCUT2D eigenvalue weighted by molar-refractivity contribution is -0.139. The molecule has 4 aromatic carbocycles. The van der Waals surface area contributed by atoms with Gasteiger partial charge in [-0.15, -0.1) is 0 Å². The molecular weight excluding hydrogens is 616 g/mol. The average Bonchev–Trinajstić information content (AvgIpc) is 3.07. The number of carboxylic acid groups (broad SMARTS) is 2. The number of rotatable bonds is 14. The Morgan fingerprint density at radius 3 is 1.00 bits per heavy atom. The largest absolute Gasteiger partial charge is 0.480 e. The molecule has 0 fully saturated rings. The summed E-state index contributed by atoms with van der Waals surface area (Å²) in [5.74, 6) is -2.58. The molecule has 4 aromatic rings. The van der Waals surface area contributed by atoms with Crippen molar-refractivity contribution in [2.75, 3.05) is 0 Å². The summed E-state index contributed by atoms with van der Waals surface area (Å²) in [7, 11) is 0. The second-order valence-corrected chi connectivity index (χ2v) is 11.0. The van der Waals surface area contributed by atoms with Gasteiger partial charge in [0.15, 0.2) is 0 Å². The number of nitrogens with two attached hydrogens (primary N) is 4. The molecule has 0 spiro atoms. The smallest absolute Gasteiger partial charge is 0.328 e. The molecule has 48 heavy (non-hydrogen) atoms. The summed E-state index contributed by atoms with van der Waals surface area (Å²) >= 11 is 0. The molecule has 252 valence electrons. The maximum Gasteiger partial charge on any atom is 0.328 e. The Morgan fingerprint density at radius 1 is 0.438 bits per heavy atom. The van der Waals surface area contributed by atoms with E-state index in [4.69, 9.17) is 42.6 Å². The molecule has 0 unspecified atom stereocenters. The van der Waals surface area contributed by atoms with Gasteiger partial charge in [-0.2, -0.15) is 0 Å². The van der Waals surface area contributed by atoms with E-state index in [0.29, 0.717) is 24.2 Å². The first-order valence-corrected chi connectivity index (χ1v) is 15.1. The molecular formula is C36H40N4O8. The molecule has 0 aromatic heterocycles. The third kappa shape index (κ3) is 12.8. The maximum absolute atomic E-state index is 12.4. The highest BCUT2D eigenvalue weighted by Crippen LogP contribution is 2.17. The molecule has 0 radical (unpaired) electrons. The van der Waals surface area contributed by atoms with Crippen molar-refractivity contribution in [3.05, 3.63) is 131 Å². The second-order valence-electron chi connectivity index (χ2n) is 11.0. The zero-order valence-corrected chi connectivity index (χ0v) is 26.2. The minimum atomic E-state index is -1.09. The first-order chi connectivity index (χ1) is 22.9. The Bertz CT molecular complexity index is 1620. The van der Waals surface area contributed by atoms with Crippen LogP contribution in [-0.4, -0.2) is 58.3 Å². The van der Waals surface area contributed by atoms with Crippen LogP contribution in [0, 0.1) is 0 Å². The van der Waals surface area contributed by atoms with E-state index in [-0.39, 0.29) is 18.6 Å². The Morgan fingerprint density at radius 2 is 0.708 bits per heavy atom. The van der Waals surface area contributed by atoms with Crippen LogP contribution in [0.5, 0.6) is 11.5 Å². The highest BCUT2D eigenvalue weighted by Gasteiger charge is 2.19. The molecule has 0 aliphatic rings. The number of esters is 2. The summed E-state index contributed by atoms with van der Waals surface area (Å²) in [5, 5.41) is 17.4. The van der Waals surface area contributed by atoms with Gasteiger partial charge in [-0.25, -0.2) is 9.59 Å². The van der Waals surface area contributed by atoms with Gasteiger partial charge in [0, 0.05) is 0 Å². The normalized spacial score (nSPS) is 13.1. The van der Waals surface area contributed by atoms with Crippen molar-refractivity contribution in [1.29, 1.82) is 0 Å². The van der Waals surface area contributed by atoms with Crippen LogP contribution in [0.15, 0.2) is 109 Å². The van der Waals surface area contributed by atoms with Gasteiger partial charge in [-0.1, -0.05) is 84.9 Å². The summed E-state index contributed by atoms with van der Waals surface area (Å²) in [6.45, 7) is 0. The SMILES string of the molecule is N[C@@H](Cc1ccc(OC(=O)[C@@H](N)Cc2ccc(OC(=O)[C@@H](N)Cc3ccccc3)cc2)cc1)C(=O)O.N[C@@H](Cc1ccccc1)C(=O)O. The van der Waals surface area contributed by atoms with E-state index in [9.17, 15) is 19.2 Å². The zero-order valence-electron chi connectivity index (χ0n) is 26.2. The van der Waals surface area contributed by atoms with Crippen LogP contribution in [-0.2, 0) is 44.9 Å². The summed E-state index contributed by atoms with van der Waals surface area (Å²) in [4.78, 5) is 45.9. The molecule has 12 heteroatoms. The molecule has 0 aliphatic carbocycles.